The Morgan fingerprint density at radius 3 is 2.71 bits per heavy atom. The number of carboxylic acids is 1. The van der Waals surface area contributed by atoms with E-state index < -0.39 is 14.9 Å². The van der Waals surface area contributed by atoms with Gasteiger partial charge in [0.2, 0.25) is 0 Å². The molecule has 0 aromatic rings. The van der Waals surface area contributed by atoms with Gasteiger partial charge >= 0.3 is 5.97 Å². The highest BCUT2D eigenvalue weighted by Gasteiger charge is 1.90. The van der Waals surface area contributed by atoms with Gasteiger partial charge in [-0.3, -0.25) is 4.79 Å². The molecule has 4 nitrogen and oxygen atoms in total. The Morgan fingerprint density at radius 1 is 2.00 bits per heavy atom. The van der Waals surface area contributed by atoms with Crippen molar-refractivity contribution in [1.29, 1.82) is 0 Å². The Bertz CT molecular complexity index is 66.0. The third-order valence-corrected chi connectivity index (χ3v) is 0.707. The molecule has 0 fully saturated rings. The molecule has 5 heteroatoms. The molecule has 1 unspecified atom stereocenters. The summed E-state index contributed by atoms with van der Waals surface area (Å²) in [4.78, 5) is 19.1. The largest absolute Gasteiger partial charge is 0.669 e. The van der Waals surface area contributed by atoms with Gasteiger partial charge in [-0.15, -0.1) is 0 Å². The van der Waals surface area contributed by atoms with E-state index in [2.05, 4.69) is 5.09 Å². The summed E-state index contributed by atoms with van der Waals surface area (Å²) in [6, 6.07) is 0. The third-order valence-electron chi connectivity index (χ3n) is 0.337. The Kier molecular flexibility index (Phi) is 3.89. The Hall–Kier alpha value is -0.180. The molecule has 0 aromatic heterocycles. The van der Waals surface area contributed by atoms with Crippen LogP contribution in [0.1, 0.15) is 0 Å². The van der Waals surface area contributed by atoms with Gasteiger partial charge in [0, 0.05) is 8.96 Å². The molecule has 42 valence electrons. The maximum absolute atomic E-state index is 9.57. The SMILES string of the molecule is O=C(O)CN[PH2+][O-]. The van der Waals surface area contributed by atoms with Gasteiger partial charge in [0.05, 0.1) is 0 Å². The molecule has 0 aliphatic carbocycles. The summed E-state index contributed by atoms with van der Waals surface area (Å²) < 4.78 is 0. The smallest absolute Gasteiger partial charge is 0.321 e. The second-order valence-corrected chi connectivity index (χ2v) is 1.54. The molecule has 0 aliphatic heterocycles. The summed E-state index contributed by atoms with van der Waals surface area (Å²) in [6.07, 6.45) is 0. The number of carboxylic acid groups (broad SMARTS) is 1. The molecule has 0 rings (SSSR count). The predicted octanol–water partition coefficient (Wildman–Crippen LogP) is -1.74. The van der Waals surface area contributed by atoms with E-state index >= 15 is 0 Å². The minimum atomic E-state index is -1.12. The van der Waals surface area contributed by atoms with E-state index in [0.717, 1.165) is 0 Å². The van der Waals surface area contributed by atoms with Gasteiger partial charge in [-0.25, -0.2) is 0 Å². The van der Waals surface area contributed by atoms with Gasteiger partial charge in [0.1, 0.15) is 6.54 Å². The van der Waals surface area contributed by atoms with Crippen molar-refractivity contribution in [2.75, 3.05) is 6.54 Å². The lowest BCUT2D eigenvalue weighted by molar-refractivity contribution is -0.154. The summed E-state index contributed by atoms with van der Waals surface area (Å²) in [7, 11) is -1.12. The summed E-state index contributed by atoms with van der Waals surface area (Å²) in [6.45, 7) is -0.209. The van der Waals surface area contributed by atoms with Gasteiger partial charge in [-0.2, -0.15) is 5.09 Å². The van der Waals surface area contributed by atoms with Crippen LogP contribution in [-0.2, 0) is 4.79 Å². The fraction of sp³-hybridized carbons (Fsp3) is 0.500. The molecular weight excluding hydrogens is 117 g/mol. The van der Waals surface area contributed by atoms with E-state index in [-0.39, 0.29) is 6.54 Å². The number of carbonyl (C=O) groups is 1. The average molecular weight is 123 g/mol. The zero-order valence-electron chi connectivity index (χ0n) is 3.55. The lowest BCUT2D eigenvalue weighted by Gasteiger charge is -1.91. The minimum absolute atomic E-state index is 0.209. The Morgan fingerprint density at radius 2 is 2.57 bits per heavy atom. The highest BCUT2D eigenvalue weighted by molar-refractivity contribution is 7.26. The van der Waals surface area contributed by atoms with Crippen molar-refractivity contribution in [3.63, 3.8) is 0 Å². The van der Waals surface area contributed by atoms with Crippen molar-refractivity contribution in [1.82, 2.24) is 5.09 Å². The normalized spacial score (nSPS) is 10.4. The molecule has 0 saturated carbocycles. The van der Waals surface area contributed by atoms with Crippen molar-refractivity contribution in [2.45, 2.75) is 0 Å². The molecule has 0 bridgehead atoms. The van der Waals surface area contributed by atoms with Gasteiger partial charge in [-0.1, -0.05) is 0 Å². The zero-order valence-corrected chi connectivity index (χ0v) is 4.70. The molecule has 0 aromatic carbocycles. The van der Waals surface area contributed by atoms with E-state index in [1.807, 2.05) is 0 Å². The van der Waals surface area contributed by atoms with Crippen molar-refractivity contribution in [3.05, 3.63) is 0 Å². The first-order valence-corrected chi connectivity index (χ1v) is 2.71. The second-order valence-electron chi connectivity index (χ2n) is 0.892. The number of hydrogen-bond acceptors (Lipinski definition) is 3. The molecule has 0 spiro atoms. The van der Waals surface area contributed by atoms with E-state index in [1.54, 1.807) is 0 Å². The van der Waals surface area contributed by atoms with Crippen LogP contribution in [0.4, 0.5) is 0 Å². The number of hydrogen-bond donors (Lipinski definition) is 2. The van der Waals surface area contributed by atoms with E-state index in [0.29, 0.717) is 0 Å². The predicted molar refractivity (Wildman–Crippen MR) is 25.3 cm³/mol. The third kappa shape index (κ3) is 5.82. The highest BCUT2D eigenvalue weighted by atomic mass is 31.1. The molecule has 0 heterocycles. The van der Waals surface area contributed by atoms with Crippen LogP contribution in [0.2, 0.25) is 0 Å². The van der Waals surface area contributed by atoms with Crippen LogP contribution in [0.3, 0.4) is 0 Å². The van der Waals surface area contributed by atoms with E-state index in [1.165, 1.54) is 0 Å². The Balaban J connectivity index is 2.82. The monoisotopic (exact) mass is 123 g/mol. The standard InChI is InChI=1S/C2H6NO3P/c4-2(5)1-3-7-6/h3H,1,7H2,(H,4,5). The first-order valence-electron chi connectivity index (χ1n) is 1.66. The molecule has 1 atom stereocenters. The number of nitrogens with one attached hydrogen (secondary N) is 1. The molecule has 0 radical (unpaired) electrons. The lowest BCUT2D eigenvalue weighted by atomic mass is 10.7. The average Bonchev–Trinajstić information content (AvgIpc) is 1.61. The molecular formula is C2H6NO3P. The minimum Gasteiger partial charge on any atom is -0.669 e. The summed E-state index contributed by atoms with van der Waals surface area (Å²) in [5, 5.41) is 10.0. The summed E-state index contributed by atoms with van der Waals surface area (Å²) >= 11 is 0. The van der Waals surface area contributed by atoms with E-state index in [9.17, 15) is 9.69 Å². The first-order chi connectivity index (χ1) is 3.27. The zero-order chi connectivity index (χ0) is 5.70. The molecule has 0 saturated heterocycles. The van der Waals surface area contributed by atoms with Gasteiger partial charge in [-0.05, 0) is 0 Å². The number of aliphatic carboxylic acids is 1. The van der Waals surface area contributed by atoms with Crippen molar-refractivity contribution >= 4 is 14.9 Å². The second kappa shape index (κ2) is 3.99. The van der Waals surface area contributed by atoms with Gasteiger partial charge in [0.25, 0.3) is 0 Å². The van der Waals surface area contributed by atoms with Gasteiger partial charge in [0.15, 0.2) is 0 Å². The van der Waals surface area contributed by atoms with Crippen molar-refractivity contribution < 1.29 is 14.8 Å². The van der Waals surface area contributed by atoms with Crippen LogP contribution < -0.4 is 9.98 Å². The van der Waals surface area contributed by atoms with Crippen LogP contribution in [0.25, 0.3) is 0 Å². The lowest BCUT2D eigenvalue weighted by Crippen LogP contribution is -2.16. The maximum Gasteiger partial charge on any atom is 0.321 e. The van der Waals surface area contributed by atoms with Crippen LogP contribution in [0.5, 0.6) is 0 Å². The van der Waals surface area contributed by atoms with Crippen LogP contribution in [-0.4, -0.2) is 17.6 Å². The quantitative estimate of drug-likeness (QED) is 0.437. The maximum atomic E-state index is 9.57. The molecule has 2 N–H and O–H groups in total. The van der Waals surface area contributed by atoms with Crippen LogP contribution >= 0.6 is 8.96 Å². The molecule has 0 amide bonds. The van der Waals surface area contributed by atoms with Crippen molar-refractivity contribution in [3.8, 4) is 0 Å². The fourth-order valence-corrected chi connectivity index (χ4v) is 0.387. The fourth-order valence-electron chi connectivity index (χ4n) is 0.129. The van der Waals surface area contributed by atoms with Crippen LogP contribution in [0.15, 0.2) is 0 Å². The van der Waals surface area contributed by atoms with E-state index in [4.69, 9.17) is 5.11 Å². The van der Waals surface area contributed by atoms with Crippen LogP contribution in [0, 0.1) is 0 Å². The highest BCUT2D eigenvalue weighted by Crippen LogP contribution is 1.79. The summed E-state index contributed by atoms with van der Waals surface area (Å²) in [5.74, 6) is -0.983. The Labute approximate surface area is 42.5 Å². The first kappa shape index (κ1) is 6.82. The molecule has 0 aliphatic rings. The molecule has 7 heavy (non-hydrogen) atoms. The summed E-state index contributed by atoms with van der Waals surface area (Å²) in [5.41, 5.74) is 0. The van der Waals surface area contributed by atoms with Crippen molar-refractivity contribution in [2.24, 2.45) is 0 Å². The topological polar surface area (TPSA) is 72.4 Å². The number of rotatable bonds is 3. The van der Waals surface area contributed by atoms with Gasteiger partial charge < -0.3 is 10.00 Å².